The fraction of sp³-hybridized carbons (Fsp3) is 0.667. The molecule has 1 spiro atoms. The van der Waals surface area contributed by atoms with Gasteiger partial charge in [-0.05, 0) is 75.2 Å². The summed E-state index contributed by atoms with van der Waals surface area (Å²) in [5.74, 6) is -0.152. The van der Waals surface area contributed by atoms with Gasteiger partial charge in [0.25, 0.3) is 0 Å². The first-order valence-corrected chi connectivity index (χ1v) is 11.9. The Morgan fingerprint density at radius 3 is 2.54 bits per heavy atom. The predicted molar refractivity (Wildman–Crippen MR) is 105 cm³/mol. The van der Waals surface area contributed by atoms with E-state index in [1.54, 1.807) is 0 Å². The third-order valence-electron chi connectivity index (χ3n) is 5.42. The van der Waals surface area contributed by atoms with Gasteiger partial charge in [-0.15, -0.1) is 0 Å². The Balaban J connectivity index is 1.96. The average Bonchev–Trinajstić information content (AvgIpc) is 2.78. The lowest BCUT2D eigenvalue weighted by Gasteiger charge is -2.40. The maximum Gasteiger partial charge on any atom is 0.213 e. The Kier molecular flexibility index (Phi) is 5.35. The van der Waals surface area contributed by atoms with Crippen molar-refractivity contribution in [1.29, 1.82) is 0 Å². The molecule has 1 aliphatic carbocycles. The molecule has 1 aromatic rings. The maximum absolute atomic E-state index is 12.8. The number of rotatable bonds is 4. The molecule has 1 fully saturated rings. The molecule has 1 saturated heterocycles. The summed E-state index contributed by atoms with van der Waals surface area (Å²) in [7, 11) is -4.72. The van der Waals surface area contributed by atoms with Crippen LogP contribution in [0.4, 0.5) is 0 Å². The molecule has 0 aromatic heterocycles. The van der Waals surface area contributed by atoms with Crippen LogP contribution in [0.3, 0.4) is 0 Å². The molecule has 2 aliphatic rings. The van der Waals surface area contributed by atoms with Crippen LogP contribution >= 0.6 is 0 Å². The Hall–Kier alpha value is -0.800. The lowest BCUT2D eigenvalue weighted by molar-refractivity contribution is 0.164. The monoisotopic (exact) mass is 399 g/mol. The summed E-state index contributed by atoms with van der Waals surface area (Å²) in [6.07, 6.45) is 2.89. The molecule has 6 nitrogen and oxygen atoms in total. The molecule has 0 amide bonds. The lowest BCUT2D eigenvalue weighted by atomic mass is 9.73. The van der Waals surface area contributed by atoms with Crippen molar-refractivity contribution in [3.05, 3.63) is 34.9 Å². The third kappa shape index (κ3) is 4.20. The normalized spacial score (nSPS) is 23.8. The van der Waals surface area contributed by atoms with Crippen LogP contribution in [0.1, 0.15) is 56.3 Å². The van der Waals surface area contributed by atoms with E-state index in [0.717, 1.165) is 43.5 Å². The lowest BCUT2D eigenvalue weighted by Crippen LogP contribution is -2.46. The SMILES string of the molecule is CC(C)(C)[S@@](=O)N[C@@H]1c2ccc(CS(N)(=O)=O)cc2CC12CCNCC2. The molecule has 1 heterocycles. The van der Waals surface area contributed by atoms with Gasteiger partial charge in [-0.25, -0.2) is 22.5 Å². The summed E-state index contributed by atoms with van der Waals surface area (Å²) in [6, 6.07) is 5.80. The van der Waals surface area contributed by atoms with Crippen LogP contribution < -0.4 is 15.2 Å². The zero-order valence-electron chi connectivity index (χ0n) is 15.7. The second-order valence-corrected chi connectivity index (χ2v) is 12.2. The number of nitrogens with one attached hydrogen (secondary N) is 2. The fourth-order valence-corrected chi connectivity index (χ4v) is 5.68. The number of fused-ring (bicyclic) bond motifs is 1. The van der Waals surface area contributed by atoms with Crippen molar-refractivity contribution < 1.29 is 12.6 Å². The van der Waals surface area contributed by atoms with E-state index in [1.165, 1.54) is 0 Å². The predicted octanol–water partition coefficient (Wildman–Crippen LogP) is 1.49. The first kappa shape index (κ1) is 19.9. The van der Waals surface area contributed by atoms with Crippen molar-refractivity contribution in [2.75, 3.05) is 13.1 Å². The number of benzene rings is 1. The van der Waals surface area contributed by atoms with Gasteiger partial charge in [-0.3, -0.25) is 0 Å². The minimum atomic E-state index is -3.55. The van der Waals surface area contributed by atoms with E-state index in [-0.39, 0.29) is 22.0 Å². The standard InChI is InChI=1S/C18H29N3O3S2/c1-17(2,3)25(22)21-16-15-5-4-13(12-26(19,23)24)10-14(15)11-18(16)6-8-20-9-7-18/h4-5,10,16,20-21H,6-9,11-12H2,1-3H3,(H2,19,23,24)/t16-,25-/m1/s1. The molecule has 2 atom stereocenters. The number of nitrogens with two attached hydrogens (primary N) is 1. The maximum atomic E-state index is 12.8. The van der Waals surface area contributed by atoms with Gasteiger partial charge in [-0.1, -0.05) is 18.2 Å². The highest BCUT2D eigenvalue weighted by Crippen LogP contribution is 2.51. The Morgan fingerprint density at radius 2 is 1.96 bits per heavy atom. The van der Waals surface area contributed by atoms with E-state index in [4.69, 9.17) is 5.14 Å². The smallest absolute Gasteiger partial charge is 0.213 e. The van der Waals surface area contributed by atoms with Gasteiger partial charge in [0.2, 0.25) is 10.0 Å². The van der Waals surface area contributed by atoms with Gasteiger partial charge in [0.15, 0.2) is 0 Å². The van der Waals surface area contributed by atoms with Crippen LogP contribution in [-0.4, -0.2) is 30.5 Å². The van der Waals surface area contributed by atoms with Gasteiger partial charge in [0.1, 0.15) is 0 Å². The molecule has 1 aromatic carbocycles. The molecular formula is C18H29N3O3S2. The molecule has 1 aliphatic heterocycles. The molecular weight excluding hydrogens is 370 g/mol. The molecule has 0 radical (unpaired) electrons. The summed E-state index contributed by atoms with van der Waals surface area (Å²) >= 11 is 0. The first-order valence-electron chi connectivity index (χ1n) is 9.01. The van der Waals surface area contributed by atoms with Gasteiger partial charge in [-0.2, -0.15) is 0 Å². The van der Waals surface area contributed by atoms with Crippen molar-refractivity contribution >= 4 is 21.0 Å². The van der Waals surface area contributed by atoms with Crippen molar-refractivity contribution in [3.8, 4) is 0 Å². The van der Waals surface area contributed by atoms with Crippen molar-refractivity contribution in [1.82, 2.24) is 10.0 Å². The molecule has 0 saturated carbocycles. The van der Waals surface area contributed by atoms with Gasteiger partial charge >= 0.3 is 0 Å². The average molecular weight is 400 g/mol. The van der Waals surface area contributed by atoms with E-state index in [1.807, 2.05) is 39.0 Å². The number of hydrogen-bond donors (Lipinski definition) is 3. The summed E-state index contributed by atoms with van der Waals surface area (Å²) in [6.45, 7) is 7.79. The third-order valence-corrected chi connectivity index (χ3v) is 7.72. The molecule has 0 unspecified atom stereocenters. The zero-order chi connectivity index (χ0) is 19.2. The summed E-state index contributed by atoms with van der Waals surface area (Å²) < 4.78 is 38.7. The summed E-state index contributed by atoms with van der Waals surface area (Å²) in [5, 5.41) is 8.61. The molecule has 0 bridgehead atoms. The van der Waals surface area contributed by atoms with Crippen LogP contribution in [0.5, 0.6) is 0 Å². The highest BCUT2D eigenvalue weighted by molar-refractivity contribution is 7.88. The van der Waals surface area contributed by atoms with E-state index in [9.17, 15) is 12.6 Å². The zero-order valence-corrected chi connectivity index (χ0v) is 17.3. The van der Waals surface area contributed by atoms with Crippen LogP contribution in [-0.2, 0) is 33.2 Å². The number of piperidine rings is 1. The molecule has 26 heavy (non-hydrogen) atoms. The van der Waals surface area contributed by atoms with Crippen molar-refractivity contribution in [2.45, 2.75) is 56.6 Å². The second kappa shape index (κ2) is 6.98. The van der Waals surface area contributed by atoms with E-state index in [0.29, 0.717) is 5.56 Å². The highest BCUT2D eigenvalue weighted by Gasteiger charge is 2.47. The molecule has 3 rings (SSSR count). The first-order chi connectivity index (χ1) is 12.0. The van der Waals surface area contributed by atoms with Crippen molar-refractivity contribution in [2.24, 2.45) is 10.6 Å². The van der Waals surface area contributed by atoms with E-state index in [2.05, 4.69) is 10.0 Å². The number of sulfonamides is 1. The van der Waals surface area contributed by atoms with E-state index >= 15 is 0 Å². The Bertz CT molecular complexity index is 809. The minimum absolute atomic E-state index is 0.0168. The Morgan fingerprint density at radius 1 is 1.31 bits per heavy atom. The van der Waals surface area contributed by atoms with Gasteiger partial charge in [0, 0.05) is 0 Å². The van der Waals surface area contributed by atoms with Gasteiger partial charge < -0.3 is 5.32 Å². The molecule has 8 heteroatoms. The summed E-state index contributed by atoms with van der Waals surface area (Å²) in [5.41, 5.74) is 3.03. The quantitative estimate of drug-likeness (QED) is 0.714. The highest BCUT2D eigenvalue weighted by atomic mass is 32.2. The number of primary sulfonamides is 1. The largest absolute Gasteiger partial charge is 0.317 e. The van der Waals surface area contributed by atoms with Crippen molar-refractivity contribution in [3.63, 3.8) is 0 Å². The molecule has 4 N–H and O–H groups in total. The second-order valence-electron chi connectivity index (χ2n) is 8.56. The topological polar surface area (TPSA) is 101 Å². The van der Waals surface area contributed by atoms with E-state index < -0.39 is 21.0 Å². The molecule has 146 valence electrons. The van der Waals surface area contributed by atoms with Crippen LogP contribution in [0.2, 0.25) is 0 Å². The Labute approximate surface area is 159 Å². The number of hydrogen-bond acceptors (Lipinski definition) is 4. The minimum Gasteiger partial charge on any atom is -0.317 e. The van der Waals surface area contributed by atoms with Gasteiger partial charge in [0.05, 0.1) is 27.5 Å². The van der Waals surface area contributed by atoms with Crippen LogP contribution in [0, 0.1) is 5.41 Å². The van der Waals surface area contributed by atoms with Crippen LogP contribution in [0.15, 0.2) is 18.2 Å². The summed E-state index contributed by atoms with van der Waals surface area (Å²) in [4.78, 5) is 0. The fourth-order valence-electron chi connectivity index (χ4n) is 4.09. The van der Waals surface area contributed by atoms with Crippen LogP contribution in [0.25, 0.3) is 0 Å².